The number of benzene rings is 3. The highest BCUT2D eigenvalue weighted by molar-refractivity contribution is 5.90. The smallest absolute Gasteiger partial charge is 0.335 e. The van der Waals surface area contributed by atoms with Crippen molar-refractivity contribution in [2.24, 2.45) is 0 Å². The molecule has 0 aromatic heterocycles. The largest absolute Gasteiger partial charge is 0.488 e. The Kier molecular flexibility index (Phi) is 5.14. The molecule has 0 unspecified atom stereocenters. The number of rotatable bonds is 6. The number of carbonyl (C=O) groups is 1. The molecule has 0 radical (unpaired) electrons. The van der Waals surface area contributed by atoms with Crippen LogP contribution in [0.15, 0.2) is 72.8 Å². The summed E-state index contributed by atoms with van der Waals surface area (Å²) in [6.07, 6.45) is 0.669. The summed E-state index contributed by atoms with van der Waals surface area (Å²) in [5, 5.41) is 9.30. The molecule has 0 saturated heterocycles. The fourth-order valence-electron chi connectivity index (χ4n) is 2.83. The van der Waals surface area contributed by atoms with Crippen molar-refractivity contribution in [1.82, 2.24) is 0 Å². The standard InChI is InChI=1S/C22H20O3/c1-2-17-14-18(12-13-20(17)22(23)24)19-10-6-7-11-21(19)25-15-16-8-4-3-5-9-16/h3-14H,2,15H2,1H3,(H,23,24). The highest BCUT2D eigenvalue weighted by Gasteiger charge is 2.12. The van der Waals surface area contributed by atoms with Gasteiger partial charge in [0.15, 0.2) is 0 Å². The Hall–Kier alpha value is -3.07. The third-order valence-electron chi connectivity index (χ3n) is 4.15. The molecule has 0 aliphatic carbocycles. The number of carboxylic acid groups (broad SMARTS) is 1. The van der Waals surface area contributed by atoms with E-state index < -0.39 is 5.97 Å². The molecular weight excluding hydrogens is 312 g/mol. The molecular formula is C22H20O3. The van der Waals surface area contributed by atoms with E-state index in [9.17, 15) is 9.90 Å². The van der Waals surface area contributed by atoms with E-state index in [1.54, 1.807) is 6.07 Å². The summed E-state index contributed by atoms with van der Waals surface area (Å²) in [6.45, 7) is 2.45. The van der Waals surface area contributed by atoms with Crippen molar-refractivity contribution in [2.45, 2.75) is 20.0 Å². The fourth-order valence-corrected chi connectivity index (χ4v) is 2.83. The van der Waals surface area contributed by atoms with Gasteiger partial charge in [0, 0.05) is 5.56 Å². The normalized spacial score (nSPS) is 10.4. The number of aryl methyl sites for hydroxylation is 1. The third kappa shape index (κ3) is 3.89. The average Bonchev–Trinajstić information content (AvgIpc) is 2.66. The zero-order valence-corrected chi connectivity index (χ0v) is 14.1. The van der Waals surface area contributed by atoms with E-state index in [2.05, 4.69) is 0 Å². The molecule has 0 heterocycles. The Labute approximate surface area is 147 Å². The Morgan fingerprint density at radius 2 is 1.68 bits per heavy atom. The molecule has 126 valence electrons. The van der Waals surface area contributed by atoms with E-state index in [1.807, 2.05) is 73.7 Å². The van der Waals surface area contributed by atoms with Gasteiger partial charge < -0.3 is 9.84 Å². The van der Waals surface area contributed by atoms with Gasteiger partial charge in [-0.05, 0) is 35.2 Å². The van der Waals surface area contributed by atoms with Gasteiger partial charge in [-0.1, -0.05) is 67.6 Å². The average molecular weight is 332 g/mol. The van der Waals surface area contributed by atoms with Crippen LogP contribution in [0.25, 0.3) is 11.1 Å². The zero-order valence-electron chi connectivity index (χ0n) is 14.1. The molecule has 0 saturated carbocycles. The van der Waals surface area contributed by atoms with Crippen LogP contribution in [0.1, 0.15) is 28.4 Å². The number of carboxylic acids is 1. The summed E-state index contributed by atoms with van der Waals surface area (Å²) in [5.41, 5.74) is 4.21. The monoisotopic (exact) mass is 332 g/mol. The minimum atomic E-state index is -0.892. The van der Waals surface area contributed by atoms with E-state index in [0.29, 0.717) is 18.6 Å². The molecule has 3 aromatic carbocycles. The van der Waals surface area contributed by atoms with Crippen LogP contribution in [0, 0.1) is 0 Å². The molecule has 1 N–H and O–H groups in total. The zero-order chi connectivity index (χ0) is 17.6. The molecule has 0 aliphatic rings. The predicted molar refractivity (Wildman–Crippen MR) is 99.0 cm³/mol. The van der Waals surface area contributed by atoms with Gasteiger partial charge in [0.05, 0.1) is 5.56 Å². The van der Waals surface area contributed by atoms with Crippen molar-refractivity contribution in [1.29, 1.82) is 0 Å². The first kappa shape index (κ1) is 16.8. The van der Waals surface area contributed by atoms with Crippen molar-refractivity contribution in [2.75, 3.05) is 0 Å². The van der Waals surface area contributed by atoms with E-state index >= 15 is 0 Å². The van der Waals surface area contributed by atoms with Crippen LogP contribution >= 0.6 is 0 Å². The second-order valence-corrected chi connectivity index (χ2v) is 5.80. The van der Waals surface area contributed by atoms with Crippen LogP contribution in [0.5, 0.6) is 5.75 Å². The lowest BCUT2D eigenvalue weighted by Crippen LogP contribution is -2.02. The van der Waals surface area contributed by atoms with Crippen LogP contribution in [-0.2, 0) is 13.0 Å². The van der Waals surface area contributed by atoms with Gasteiger partial charge in [-0.15, -0.1) is 0 Å². The maximum Gasteiger partial charge on any atom is 0.335 e. The van der Waals surface area contributed by atoms with Crippen LogP contribution in [0.2, 0.25) is 0 Å². The van der Waals surface area contributed by atoms with E-state index in [0.717, 1.165) is 28.0 Å². The minimum Gasteiger partial charge on any atom is -0.488 e. The lowest BCUT2D eigenvalue weighted by molar-refractivity contribution is 0.0696. The Morgan fingerprint density at radius 3 is 2.40 bits per heavy atom. The maximum atomic E-state index is 11.3. The van der Waals surface area contributed by atoms with Crippen LogP contribution in [0.4, 0.5) is 0 Å². The van der Waals surface area contributed by atoms with Gasteiger partial charge in [0.1, 0.15) is 12.4 Å². The second-order valence-electron chi connectivity index (χ2n) is 5.80. The molecule has 0 fully saturated rings. The summed E-state index contributed by atoms with van der Waals surface area (Å²) in [6, 6.07) is 23.3. The van der Waals surface area contributed by atoms with Crippen molar-refractivity contribution in [3.05, 3.63) is 89.5 Å². The molecule has 0 spiro atoms. The number of ether oxygens (including phenoxy) is 1. The van der Waals surface area contributed by atoms with Crippen LogP contribution in [0.3, 0.4) is 0 Å². The topological polar surface area (TPSA) is 46.5 Å². The second kappa shape index (κ2) is 7.67. The van der Waals surface area contributed by atoms with Crippen LogP contribution < -0.4 is 4.74 Å². The predicted octanol–water partition coefficient (Wildman–Crippen LogP) is 5.19. The number of hydrogen-bond donors (Lipinski definition) is 1. The summed E-state index contributed by atoms with van der Waals surface area (Å²) < 4.78 is 6.01. The molecule has 0 aliphatic heterocycles. The van der Waals surface area contributed by atoms with Gasteiger partial charge in [0.2, 0.25) is 0 Å². The molecule has 3 nitrogen and oxygen atoms in total. The molecule has 3 rings (SSSR count). The lowest BCUT2D eigenvalue weighted by atomic mass is 9.97. The first-order chi connectivity index (χ1) is 12.2. The Bertz CT molecular complexity index is 869. The van der Waals surface area contributed by atoms with Crippen molar-refractivity contribution < 1.29 is 14.6 Å². The SMILES string of the molecule is CCc1cc(-c2ccccc2OCc2ccccc2)ccc1C(=O)O. The van der Waals surface area contributed by atoms with E-state index in [-0.39, 0.29) is 0 Å². The molecule has 3 heteroatoms. The molecule has 25 heavy (non-hydrogen) atoms. The van der Waals surface area contributed by atoms with Gasteiger partial charge in [-0.3, -0.25) is 0 Å². The lowest BCUT2D eigenvalue weighted by Gasteiger charge is -2.13. The maximum absolute atomic E-state index is 11.3. The van der Waals surface area contributed by atoms with Gasteiger partial charge in [0.25, 0.3) is 0 Å². The van der Waals surface area contributed by atoms with E-state index in [4.69, 9.17) is 4.74 Å². The molecule has 0 amide bonds. The Morgan fingerprint density at radius 1 is 0.960 bits per heavy atom. The minimum absolute atomic E-state index is 0.355. The summed E-state index contributed by atoms with van der Waals surface area (Å²) in [4.78, 5) is 11.3. The van der Waals surface area contributed by atoms with Crippen LogP contribution in [-0.4, -0.2) is 11.1 Å². The Balaban J connectivity index is 1.91. The number of aromatic carboxylic acids is 1. The summed E-state index contributed by atoms with van der Waals surface area (Å²) in [5.74, 6) is -0.103. The van der Waals surface area contributed by atoms with E-state index in [1.165, 1.54) is 0 Å². The highest BCUT2D eigenvalue weighted by Crippen LogP contribution is 2.32. The number of hydrogen-bond acceptors (Lipinski definition) is 2. The summed E-state index contributed by atoms with van der Waals surface area (Å²) >= 11 is 0. The molecule has 3 aromatic rings. The van der Waals surface area contributed by atoms with Gasteiger partial charge in [-0.2, -0.15) is 0 Å². The highest BCUT2D eigenvalue weighted by atomic mass is 16.5. The van der Waals surface area contributed by atoms with Gasteiger partial charge >= 0.3 is 5.97 Å². The number of para-hydroxylation sites is 1. The molecule has 0 atom stereocenters. The van der Waals surface area contributed by atoms with Gasteiger partial charge in [-0.25, -0.2) is 4.79 Å². The molecule has 0 bridgehead atoms. The first-order valence-corrected chi connectivity index (χ1v) is 8.31. The first-order valence-electron chi connectivity index (χ1n) is 8.31. The van der Waals surface area contributed by atoms with Crippen molar-refractivity contribution in [3.63, 3.8) is 0 Å². The van der Waals surface area contributed by atoms with Crippen molar-refractivity contribution in [3.8, 4) is 16.9 Å². The fraction of sp³-hybridized carbons (Fsp3) is 0.136. The summed E-state index contributed by atoms with van der Waals surface area (Å²) in [7, 11) is 0. The quantitative estimate of drug-likeness (QED) is 0.675. The third-order valence-corrected chi connectivity index (χ3v) is 4.15. The van der Waals surface area contributed by atoms with Crippen molar-refractivity contribution >= 4 is 5.97 Å².